The number of rotatable bonds is 4. The Labute approximate surface area is 158 Å². The quantitative estimate of drug-likeness (QED) is 0.626. The highest BCUT2D eigenvalue weighted by molar-refractivity contribution is 8.00. The maximum absolute atomic E-state index is 12.7. The van der Waals surface area contributed by atoms with Gasteiger partial charge in [-0.05, 0) is 68.7 Å². The fourth-order valence-corrected chi connectivity index (χ4v) is 4.21. The number of urea groups is 1. The summed E-state index contributed by atoms with van der Waals surface area (Å²) >= 11 is 1.38. The van der Waals surface area contributed by atoms with E-state index in [9.17, 15) is 14.4 Å². The molecule has 1 saturated carbocycles. The smallest absolute Gasteiger partial charge is 0.322 e. The van der Waals surface area contributed by atoms with E-state index in [2.05, 4.69) is 17.7 Å². The van der Waals surface area contributed by atoms with Gasteiger partial charge in [0.05, 0.1) is 5.75 Å². The molecule has 1 saturated heterocycles. The average molecular weight is 375 g/mol. The van der Waals surface area contributed by atoms with Gasteiger partial charge in [0, 0.05) is 4.90 Å². The molecule has 0 atom stereocenters. The number of amides is 4. The van der Waals surface area contributed by atoms with E-state index in [-0.39, 0.29) is 17.6 Å². The van der Waals surface area contributed by atoms with Crippen molar-refractivity contribution < 1.29 is 14.4 Å². The van der Waals surface area contributed by atoms with E-state index >= 15 is 0 Å². The molecular formula is C19H25N3O3S. The standard InChI is InChI=1S/C19H25N3O3S/c1-12-6-8-19(9-7-12)17(24)22(18(25)20-19)21-16(23)11-26-15-5-4-13(2)14(3)10-15/h4-5,10,12H,6-9,11H2,1-3H3,(H,20,25)(H,21,23). The fourth-order valence-electron chi connectivity index (χ4n) is 3.43. The zero-order valence-corrected chi connectivity index (χ0v) is 16.2. The third kappa shape index (κ3) is 3.72. The van der Waals surface area contributed by atoms with Gasteiger partial charge in [-0.3, -0.25) is 15.0 Å². The lowest BCUT2D eigenvalue weighted by Gasteiger charge is -2.33. The fraction of sp³-hybridized carbons (Fsp3) is 0.526. The third-order valence-electron chi connectivity index (χ3n) is 5.37. The first-order valence-electron chi connectivity index (χ1n) is 8.97. The summed E-state index contributed by atoms with van der Waals surface area (Å²) in [6, 6.07) is 5.47. The van der Waals surface area contributed by atoms with Crippen molar-refractivity contribution in [2.45, 2.75) is 56.9 Å². The molecule has 0 unspecified atom stereocenters. The van der Waals surface area contributed by atoms with Gasteiger partial charge in [0.1, 0.15) is 5.54 Å². The van der Waals surface area contributed by atoms with Crippen LogP contribution in [0.4, 0.5) is 4.79 Å². The number of carbonyl (C=O) groups excluding carboxylic acids is 3. The molecule has 7 heteroatoms. The predicted octanol–water partition coefficient (Wildman–Crippen LogP) is 2.93. The molecule has 2 aliphatic rings. The minimum Gasteiger partial charge on any atom is -0.322 e. The summed E-state index contributed by atoms with van der Waals surface area (Å²) in [5.41, 5.74) is 4.00. The number of hydrazine groups is 1. The van der Waals surface area contributed by atoms with Crippen LogP contribution in [0.25, 0.3) is 0 Å². The molecule has 3 rings (SSSR count). The van der Waals surface area contributed by atoms with Crippen molar-refractivity contribution in [3.63, 3.8) is 0 Å². The number of hydrogen-bond acceptors (Lipinski definition) is 4. The van der Waals surface area contributed by atoms with Crippen LogP contribution < -0.4 is 10.7 Å². The molecular weight excluding hydrogens is 350 g/mol. The van der Waals surface area contributed by atoms with Crippen molar-refractivity contribution >= 4 is 29.6 Å². The molecule has 1 heterocycles. The Kier molecular flexibility index (Phi) is 5.27. The summed E-state index contributed by atoms with van der Waals surface area (Å²) in [5, 5.41) is 3.66. The van der Waals surface area contributed by atoms with E-state index in [0.29, 0.717) is 18.8 Å². The van der Waals surface area contributed by atoms with Crippen molar-refractivity contribution in [3.05, 3.63) is 29.3 Å². The van der Waals surface area contributed by atoms with Crippen LogP contribution in [0.1, 0.15) is 43.7 Å². The number of benzene rings is 1. The number of carbonyl (C=O) groups is 3. The number of thioether (sulfide) groups is 1. The van der Waals surface area contributed by atoms with Crippen molar-refractivity contribution in [3.8, 4) is 0 Å². The van der Waals surface area contributed by atoms with E-state index in [4.69, 9.17) is 0 Å². The molecule has 0 aromatic heterocycles. The lowest BCUT2D eigenvalue weighted by atomic mass is 9.77. The van der Waals surface area contributed by atoms with Gasteiger partial charge in [0.15, 0.2) is 0 Å². The molecule has 140 valence electrons. The molecule has 0 radical (unpaired) electrons. The predicted molar refractivity (Wildman–Crippen MR) is 101 cm³/mol. The minimum absolute atomic E-state index is 0.142. The second-order valence-corrected chi connectivity index (χ2v) is 8.45. The molecule has 1 spiro atoms. The zero-order chi connectivity index (χ0) is 18.9. The lowest BCUT2D eigenvalue weighted by Crippen LogP contribution is -2.51. The topological polar surface area (TPSA) is 78.5 Å². The van der Waals surface area contributed by atoms with E-state index in [1.807, 2.05) is 32.0 Å². The Morgan fingerprint density at radius 3 is 2.62 bits per heavy atom. The van der Waals surface area contributed by atoms with Gasteiger partial charge >= 0.3 is 6.03 Å². The number of aryl methyl sites for hydroxylation is 2. The van der Waals surface area contributed by atoms with Crippen molar-refractivity contribution in [1.82, 2.24) is 15.8 Å². The van der Waals surface area contributed by atoms with Crippen molar-refractivity contribution in [2.24, 2.45) is 5.92 Å². The first kappa shape index (κ1) is 18.8. The monoisotopic (exact) mass is 375 g/mol. The number of imide groups is 1. The first-order chi connectivity index (χ1) is 12.3. The van der Waals surface area contributed by atoms with Gasteiger partial charge in [-0.15, -0.1) is 11.8 Å². The summed E-state index contributed by atoms with van der Waals surface area (Å²) in [6.45, 7) is 6.21. The Balaban J connectivity index is 1.58. The van der Waals surface area contributed by atoms with Crippen LogP contribution in [0.3, 0.4) is 0 Å². The van der Waals surface area contributed by atoms with Crippen LogP contribution in [-0.2, 0) is 9.59 Å². The molecule has 26 heavy (non-hydrogen) atoms. The lowest BCUT2D eigenvalue weighted by molar-refractivity contribution is -0.139. The average Bonchev–Trinajstić information content (AvgIpc) is 2.83. The molecule has 1 aliphatic heterocycles. The zero-order valence-electron chi connectivity index (χ0n) is 15.4. The minimum atomic E-state index is -0.835. The Hall–Kier alpha value is -2.02. The third-order valence-corrected chi connectivity index (χ3v) is 6.37. The van der Waals surface area contributed by atoms with Crippen LogP contribution in [0.2, 0.25) is 0 Å². The van der Waals surface area contributed by atoms with Crippen LogP contribution >= 0.6 is 11.8 Å². The first-order valence-corrected chi connectivity index (χ1v) is 9.95. The van der Waals surface area contributed by atoms with Gasteiger partial charge in [-0.1, -0.05) is 13.0 Å². The van der Waals surface area contributed by atoms with Gasteiger partial charge < -0.3 is 5.32 Å². The summed E-state index contributed by atoms with van der Waals surface area (Å²) < 4.78 is 0. The second kappa shape index (κ2) is 7.31. The van der Waals surface area contributed by atoms with Gasteiger partial charge in [-0.2, -0.15) is 5.01 Å². The maximum Gasteiger partial charge on any atom is 0.344 e. The summed E-state index contributed by atoms with van der Waals surface area (Å²) in [6.07, 6.45) is 3.05. The molecule has 1 aromatic rings. The highest BCUT2D eigenvalue weighted by Gasteiger charge is 2.52. The molecule has 1 aromatic carbocycles. The molecule has 2 fully saturated rings. The molecule has 4 amide bonds. The summed E-state index contributed by atoms with van der Waals surface area (Å²) in [5.74, 6) is 0.00377. The van der Waals surface area contributed by atoms with E-state index in [1.165, 1.54) is 17.3 Å². The van der Waals surface area contributed by atoms with Gasteiger partial charge in [0.25, 0.3) is 5.91 Å². The van der Waals surface area contributed by atoms with E-state index in [0.717, 1.165) is 28.3 Å². The van der Waals surface area contributed by atoms with E-state index in [1.54, 1.807) is 0 Å². The normalized spacial score (nSPS) is 25.5. The number of hydrogen-bond donors (Lipinski definition) is 2. The number of nitrogens with zero attached hydrogens (tertiary/aromatic N) is 1. The van der Waals surface area contributed by atoms with Crippen molar-refractivity contribution in [2.75, 3.05) is 5.75 Å². The molecule has 6 nitrogen and oxygen atoms in total. The largest absolute Gasteiger partial charge is 0.344 e. The Morgan fingerprint density at radius 2 is 1.96 bits per heavy atom. The molecule has 0 bridgehead atoms. The molecule has 1 aliphatic carbocycles. The van der Waals surface area contributed by atoms with Crippen LogP contribution in [-0.4, -0.2) is 34.1 Å². The molecule has 2 N–H and O–H groups in total. The Bertz CT molecular complexity index is 742. The van der Waals surface area contributed by atoms with Crippen LogP contribution in [0.5, 0.6) is 0 Å². The highest BCUT2D eigenvalue weighted by atomic mass is 32.2. The van der Waals surface area contributed by atoms with Crippen LogP contribution in [0.15, 0.2) is 23.1 Å². The second-order valence-electron chi connectivity index (χ2n) is 7.41. The van der Waals surface area contributed by atoms with E-state index < -0.39 is 11.6 Å². The summed E-state index contributed by atoms with van der Waals surface area (Å²) in [7, 11) is 0. The van der Waals surface area contributed by atoms with Gasteiger partial charge in [0.2, 0.25) is 5.91 Å². The SMILES string of the molecule is Cc1ccc(SCC(=O)NN2C(=O)NC3(CCC(C)CC3)C2=O)cc1C. The number of nitrogens with one attached hydrogen (secondary N) is 2. The maximum atomic E-state index is 12.7. The van der Waals surface area contributed by atoms with Gasteiger partial charge in [-0.25, -0.2) is 4.79 Å². The summed E-state index contributed by atoms with van der Waals surface area (Å²) in [4.78, 5) is 38.1. The highest BCUT2D eigenvalue weighted by Crippen LogP contribution is 2.35. The van der Waals surface area contributed by atoms with Crippen LogP contribution in [0, 0.1) is 19.8 Å². The van der Waals surface area contributed by atoms with Crippen molar-refractivity contribution in [1.29, 1.82) is 0 Å². The Morgan fingerprint density at radius 1 is 1.27 bits per heavy atom.